The number of hydrogen-bond acceptors (Lipinski definition) is 3. The molecule has 0 aliphatic carbocycles. The molecule has 112 valence electrons. The second-order valence-corrected chi connectivity index (χ2v) is 4.84. The Hall–Kier alpha value is -1.62. The number of nitrogens with two attached hydrogens (primary N) is 1. The molecule has 1 aromatic carbocycles. The fraction of sp³-hybridized carbons (Fsp3) is 0.533. The van der Waals surface area contributed by atoms with Gasteiger partial charge in [0.05, 0.1) is 0 Å². The van der Waals surface area contributed by atoms with E-state index in [1.165, 1.54) is 12.1 Å². The van der Waals surface area contributed by atoms with Crippen molar-refractivity contribution < 1.29 is 13.9 Å². The first-order valence-electron chi connectivity index (χ1n) is 6.95. The summed E-state index contributed by atoms with van der Waals surface area (Å²) in [6.07, 6.45) is 1.74. The smallest absolute Gasteiger partial charge is 0.258 e. The van der Waals surface area contributed by atoms with Crippen molar-refractivity contribution in [1.29, 1.82) is 0 Å². The van der Waals surface area contributed by atoms with E-state index < -0.39 is 5.82 Å². The van der Waals surface area contributed by atoms with Gasteiger partial charge in [-0.15, -0.1) is 0 Å². The maximum atomic E-state index is 13.2. The lowest BCUT2D eigenvalue weighted by atomic mass is 10.1. The van der Waals surface area contributed by atoms with Gasteiger partial charge in [0.25, 0.3) is 5.91 Å². The van der Waals surface area contributed by atoms with Gasteiger partial charge in [0.1, 0.15) is 11.6 Å². The Bertz CT molecular complexity index is 445. The van der Waals surface area contributed by atoms with Crippen LogP contribution >= 0.6 is 0 Å². The number of nitrogens with one attached hydrogen (secondary N) is 1. The Kier molecular flexibility index (Phi) is 6.45. The lowest BCUT2D eigenvalue weighted by Crippen LogP contribution is -2.37. The van der Waals surface area contributed by atoms with Crippen LogP contribution in [-0.2, 0) is 4.79 Å². The molecule has 0 radical (unpaired) electrons. The number of benzene rings is 1. The molecule has 1 amide bonds. The summed E-state index contributed by atoms with van der Waals surface area (Å²) in [5.41, 5.74) is 6.47. The summed E-state index contributed by atoms with van der Waals surface area (Å²) < 4.78 is 18.6. The van der Waals surface area contributed by atoms with Crippen molar-refractivity contribution in [3.8, 4) is 5.75 Å². The Morgan fingerprint density at radius 1 is 1.40 bits per heavy atom. The summed E-state index contributed by atoms with van der Waals surface area (Å²) >= 11 is 0. The van der Waals surface area contributed by atoms with Crippen LogP contribution in [0.25, 0.3) is 0 Å². The quantitative estimate of drug-likeness (QED) is 0.807. The first-order chi connectivity index (χ1) is 9.47. The predicted octanol–water partition coefficient (Wildman–Crippen LogP) is 2.53. The highest BCUT2D eigenvalue weighted by Gasteiger charge is 2.13. The molecule has 3 N–H and O–H groups in total. The molecule has 1 atom stereocenters. The summed E-state index contributed by atoms with van der Waals surface area (Å²) in [7, 11) is 0. The van der Waals surface area contributed by atoms with Gasteiger partial charge < -0.3 is 15.8 Å². The number of carbonyl (C=O) groups excluding carboxylic acids is 1. The van der Waals surface area contributed by atoms with E-state index in [0.29, 0.717) is 11.3 Å². The van der Waals surface area contributed by atoms with Gasteiger partial charge in [-0.25, -0.2) is 4.39 Å². The average Bonchev–Trinajstić information content (AvgIpc) is 2.42. The molecular formula is C15H23FN2O2. The molecule has 1 aromatic rings. The van der Waals surface area contributed by atoms with Gasteiger partial charge in [-0.3, -0.25) is 4.79 Å². The van der Waals surface area contributed by atoms with E-state index in [-0.39, 0.29) is 24.6 Å². The van der Waals surface area contributed by atoms with Crippen molar-refractivity contribution in [3.05, 3.63) is 29.6 Å². The van der Waals surface area contributed by atoms with Gasteiger partial charge in [0.2, 0.25) is 0 Å². The molecule has 1 rings (SSSR count). The first kappa shape index (κ1) is 16.4. The summed E-state index contributed by atoms with van der Waals surface area (Å²) in [5.74, 6) is -0.303. The van der Waals surface area contributed by atoms with Crippen LogP contribution in [0, 0.1) is 5.82 Å². The third-order valence-electron chi connectivity index (χ3n) is 3.18. The largest absolute Gasteiger partial charge is 0.483 e. The van der Waals surface area contributed by atoms with E-state index in [1.54, 1.807) is 13.0 Å². The molecule has 0 saturated carbocycles. The fourth-order valence-electron chi connectivity index (χ4n) is 1.91. The zero-order chi connectivity index (χ0) is 15.1. The van der Waals surface area contributed by atoms with E-state index in [2.05, 4.69) is 5.32 Å². The Balaban J connectivity index is 2.65. The zero-order valence-electron chi connectivity index (χ0n) is 12.3. The number of ether oxygens (including phenoxy) is 1. The molecule has 4 nitrogen and oxygen atoms in total. The monoisotopic (exact) mass is 282 g/mol. The van der Waals surface area contributed by atoms with Crippen molar-refractivity contribution in [2.45, 2.75) is 45.7 Å². The van der Waals surface area contributed by atoms with Gasteiger partial charge in [-0.2, -0.15) is 0 Å². The van der Waals surface area contributed by atoms with E-state index in [4.69, 9.17) is 10.5 Å². The molecule has 0 aliphatic rings. The molecule has 0 aromatic heterocycles. The van der Waals surface area contributed by atoms with Crippen molar-refractivity contribution in [1.82, 2.24) is 5.32 Å². The molecular weight excluding hydrogens is 259 g/mol. The molecule has 20 heavy (non-hydrogen) atoms. The highest BCUT2D eigenvalue weighted by Crippen LogP contribution is 2.24. The third-order valence-corrected chi connectivity index (χ3v) is 3.18. The number of carbonyl (C=O) groups is 1. The lowest BCUT2D eigenvalue weighted by Gasteiger charge is -2.17. The first-order valence-corrected chi connectivity index (χ1v) is 6.95. The van der Waals surface area contributed by atoms with E-state index in [1.807, 2.05) is 13.8 Å². The number of amides is 1. The average molecular weight is 282 g/mol. The van der Waals surface area contributed by atoms with Crippen LogP contribution in [0.1, 0.15) is 45.2 Å². The summed E-state index contributed by atoms with van der Waals surface area (Å²) in [4.78, 5) is 11.7. The number of rotatable bonds is 7. The lowest BCUT2D eigenvalue weighted by molar-refractivity contribution is -0.123. The third kappa shape index (κ3) is 4.81. The van der Waals surface area contributed by atoms with Crippen LogP contribution in [0.5, 0.6) is 5.75 Å². The minimum Gasteiger partial charge on any atom is -0.483 e. The second-order valence-electron chi connectivity index (χ2n) is 4.84. The van der Waals surface area contributed by atoms with Gasteiger partial charge >= 0.3 is 0 Å². The Labute approximate surface area is 119 Å². The highest BCUT2D eigenvalue weighted by atomic mass is 19.1. The minimum atomic E-state index is -0.412. The Morgan fingerprint density at radius 3 is 2.60 bits per heavy atom. The van der Waals surface area contributed by atoms with Crippen molar-refractivity contribution in [2.75, 3.05) is 6.61 Å². The van der Waals surface area contributed by atoms with Crippen LogP contribution in [0.3, 0.4) is 0 Å². The standard InChI is InChI=1S/C15H23FN2O2/c1-4-12(5-2)18-15(19)9-20-14-8-11(16)6-7-13(14)10(3)17/h6-8,10,12H,4-5,9,17H2,1-3H3,(H,18,19)/t10-/m0/s1. The van der Waals surface area contributed by atoms with Gasteiger partial charge in [-0.05, 0) is 25.8 Å². The molecule has 0 heterocycles. The molecule has 5 heteroatoms. The van der Waals surface area contributed by atoms with Crippen LogP contribution in [0.15, 0.2) is 18.2 Å². The zero-order valence-corrected chi connectivity index (χ0v) is 12.3. The fourth-order valence-corrected chi connectivity index (χ4v) is 1.91. The van der Waals surface area contributed by atoms with E-state index in [0.717, 1.165) is 12.8 Å². The number of hydrogen-bond donors (Lipinski definition) is 2. The normalized spacial score (nSPS) is 12.3. The maximum absolute atomic E-state index is 13.2. The van der Waals surface area contributed by atoms with Crippen LogP contribution in [0.4, 0.5) is 4.39 Å². The second kappa shape index (κ2) is 7.85. The minimum absolute atomic E-state index is 0.139. The summed E-state index contributed by atoms with van der Waals surface area (Å²) in [6, 6.07) is 4.02. The maximum Gasteiger partial charge on any atom is 0.258 e. The summed E-state index contributed by atoms with van der Waals surface area (Å²) in [5, 5.41) is 2.86. The van der Waals surface area contributed by atoms with Gasteiger partial charge in [0.15, 0.2) is 6.61 Å². The highest BCUT2D eigenvalue weighted by molar-refractivity contribution is 5.77. The topological polar surface area (TPSA) is 64.3 Å². The van der Waals surface area contributed by atoms with Gasteiger partial charge in [-0.1, -0.05) is 19.9 Å². The van der Waals surface area contributed by atoms with Gasteiger partial charge in [0, 0.05) is 23.7 Å². The molecule has 0 aliphatic heterocycles. The Morgan fingerprint density at radius 2 is 2.05 bits per heavy atom. The molecule has 0 unspecified atom stereocenters. The van der Waals surface area contributed by atoms with E-state index in [9.17, 15) is 9.18 Å². The van der Waals surface area contributed by atoms with Crippen LogP contribution in [0.2, 0.25) is 0 Å². The SMILES string of the molecule is CCC(CC)NC(=O)COc1cc(F)ccc1[C@H](C)N. The molecule has 0 fully saturated rings. The van der Waals surface area contributed by atoms with Crippen LogP contribution < -0.4 is 15.8 Å². The van der Waals surface area contributed by atoms with E-state index >= 15 is 0 Å². The van der Waals surface area contributed by atoms with Crippen molar-refractivity contribution in [3.63, 3.8) is 0 Å². The molecule has 0 spiro atoms. The van der Waals surface area contributed by atoms with Crippen molar-refractivity contribution in [2.24, 2.45) is 5.73 Å². The predicted molar refractivity (Wildman–Crippen MR) is 77.0 cm³/mol. The molecule has 0 bridgehead atoms. The summed E-state index contributed by atoms with van der Waals surface area (Å²) in [6.45, 7) is 5.66. The molecule has 0 saturated heterocycles. The van der Waals surface area contributed by atoms with Crippen molar-refractivity contribution >= 4 is 5.91 Å². The van der Waals surface area contributed by atoms with Crippen LogP contribution in [-0.4, -0.2) is 18.6 Å². The number of halogens is 1.